The van der Waals surface area contributed by atoms with E-state index in [4.69, 9.17) is 5.73 Å². The second-order valence-corrected chi connectivity index (χ2v) is 7.67. The van der Waals surface area contributed by atoms with Gasteiger partial charge in [-0.15, -0.1) is 11.3 Å². The molecule has 1 unspecified atom stereocenters. The van der Waals surface area contributed by atoms with E-state index in [-0.39, 0.29) is 17.9 Å². The van der Waals surface area contributed by atoms with Gasteiger partial charge >= 0.3 is 0 Å². The number of aromatic nitrogens is 3. The van der Waals surface area contributed by atoms with Gasteiger partial charge in [-0.1, -0.05) is 0 Å². The molecule has 2 saturated heterocycles. The number of likely N-dealkylation sites (N-methyl/N-ethyl adjacent to an activating group) is 1. The Morgan fingerprint density at radius 1 is 1.44 bits per heavy atom. The highest BCUT2D eigenvalue weighted by molar-refractivity contribution is 7.13. The Morgan fingerprint density at radius 3 is 3.04 bits per heavy atom. The predicted octanol–water partition coefficient (Wildman–Crippen LogP) is 1.50. The van der Waals surface area contributed by atoms with E-state index in [1.807, 2.05) is 24.6 Å². The van der Waals surface area contributed by atoms with Crippen LogP contribution in [0.25, 0.3) is 21.5 Å². The molecule has 3 atom stereocenters. The number of anilines is 1. The average Bonchev–Trinajstić information content (AvgIpc) is 3.37. The molecule has 2 aromatic heterocycles. The van der Waals surface area contributed by atoms with Gasteiger partial charge in [0, 0.05) is 46.8 Å². The van der Waals surface area contributed by atoms with Gasteiger partial charge in [0.05, 0.1) is 11.6 Å². The lowest BCUT2D eigenvalue weighted by Crippen LogP contribution is -2.53. The molecule has 3 aromatic rings. The van der Waals surface area contributed by atoms with Gasteiger partial charge in [0.25, 0.3) is 0 Å². The number of carbonyl (C=O) groups is 1. The Kier molecular flexibility index (Phi) is 3.21. The Hall–Kier alpha value is -2.29. The van der Waals surface area contributed by atoms with Crippen molar-refractivity contribution in [2.24, 2.45) is 0 Å². The van der Waals surface area contributed by atoms with Gasteiger partial charge < -0.3 is 11.1 Å². The maximum Gasteiger partial charge on any atom is 0.202 e. The fraction of sp³-hybridized carbons (Fsp3) is 0.353. The molecule has 4 N–H and O–H groups in total. The van der Waals surface area contributed by atoms with E-state index >= 15 is 0 Å². The summed E-state index contributed by atoms with van der Waals surface area (Å²) in [4.78, 5) is 19.6. The molecule has 5 rings (SSSR count). The fourth-order valence-electron chi connectivity index (χ4n) is 4.13. The maximum absolute atomic E-state index is 13.1. The van der Waals surface area contributed by atoms with Gasteiger partial charge in [-0.05, 0) is 25.6 Å². The lowest BCUT2D eigenvalue weighted by molar-refractivity contribution is 0.0811. The van der Waals surface area contributed by atoms with Crippen LogP contribution < -0.4 is 11.1 Å². The van der Waals surface area contributed by atoms with Gasteiger partial charge in [-0.3, -0.25) is 14.8 Å². The molecule has 2 bridgehead atoms. The van der Waals surface area contributed by atoms with Crippen molar-refractivity contribution in [3.8, 4) is 10.6 Å². The van der Waals surface area contributed by atoms with Gasteiger partial charge in [-0.2, -0.15) is 5.10 Å². The molecule has 0 radical (unpaired) electrons. The molecule has 2 aliphatic heterocycles. The SMILES string of the molecule is CN1C(C(=O)c2n[nH]c3cc(-c4nccs4)c(N)cc23)[C@H]2C[C@H]1CN2. The Morgan fingerprint density at radius 2 is 2.32 bits per heavy atom. The fourth-order valence-corrected chi connectivity index (χ4v) is 4.80. The van der Waals surface area contributed by atoms with Gasteiger partial charge in [0.15, 0.2) is 0 Å². The summed E-state index contributed by atoms with van der Waals surface area (Å²) >= 11 is 1.53. The van der Waals surface area contributed by atoms with Crippen LogP contribution in [0.15, 0.2) is 23.7 Å². The number of carbonyl (C=O) groups excluding carboxylic acids is 1. The zero-order valence-electron chi connectivity index (χ0n) is 13.7. The van der Waals surface area contributed by atoms with Crippen LogP contribution in [-0.4, -0.2) is 57.6 Å². The first-order valence-corrected chi connectivity index (χ1v) is 9.18. The van der Waals surface area contributed by atoms with Crippen LogP contribution >= 0.6 is 11.3 Å². The van der Waals surface area contributed by atoms with Crippen LogP contribution in [0.3, 0.4) is 0 Å². The number of rotatable bonds is 3. The normalized spacial score (nSPS) is 25.9. The Bertz CT molecular complexity index is 963. The van der Waals surface area contributed by atoms with Crippen LogP contribution in [0.1, 0.15) is 16.9 Å². The number of nitrogen functional groups attached to an aromatic ring is 1. The number of benzene rings is 1. The molecule has 1 aromatic carbocycles. The number of hydrogen-bond donors (Lipinski definition) is 3. The van der Waals surface area contributed by atoms with Crippen molar-refractivity contribution in [2.45, 2.75) is 24.5 Å². The average molecular weight is 354 g/mol. The largest absolute Gasteiger partial charge is 0.398 e. The highest BCUT2D eigenvalue weighted by atomic mass is 32.1. The van der Waals surface area contributed by atoms with Crippen LogP contribution in [-0.2, 0) is 0 Å². The summed E-state index contributed by atoms with van der Waals surface area (Å²) < 4.78 is 0. The molecule has 2 fully saturated rings. The number of thiazole rings is 1. The van der Waals surface area contributed by atoms with Crippen molar-refractivity contribution >= 4 is 33.7 Å². The summed E-state index contributed by atoms with van der Waals surface area (Å²) in [7, 11) is 2.03. The van der Waals surface area contributed by atoms with Crippen LogP contribution in [0.2, 0.25) is 0 Å². The molecule has 7 nitrogen and oxygen atoms in total. The number of nitrogens with two attached hydrogens (primary N) is 1. The lowest BCUT2D eigenvalue weighted by Gasteiger charge is -2.30. The second-order valence-electron chi connectivity index (χ2n) is 6.77. The van der Waals surface area contributed by atoms with E-state index in [1.54, 1.807) is 6.20 Å². The number of hydrogen-bond acceptors (Lipinski definition) is 7. The zero-order chi connectivity index (χ0) is 17.1. The number of aromatic amines is 1. The molecule has 128 valence electrons. The molecule has 0 aliphatic carbocycles. The Balaban J connectivity index is 1.57. The third-order valence-electron chi connectivity index (χ3n) is 5.44. The lowest BCUT2D eigenvalue weighted by atomic mass is 10.00. The topological polar surface area (TPSA) is 99.9 Å². The highest BCUT2D eigenvalue weighted by Gasteiger charge is 2.48. The number of nitrogens with zero attached hydrogens (tertiary/aromatic N) is 3. The van der Waals surface area contributed by atoms with E-state index < -0.39 is 0 Å². The van der Waals surface area contributed by atoms with Gasteiger partial charge in [0.2, 0.25) is 5.78 Å². The predicted molar refractivity (Wildman–Crippen MR) is 97.7 cm³/mol. The van der Waals surface area contributed by atoms with E-state index in [9.17, 15) is 4.79 Å². The number of piperazine rings is 1. The summed E-state index contributed by atoms with van der Waals surface area (Å²) in [5.41, 5.74) is 8.99. The van der Waals surface area contributed by atoms with Crippen molar-refractivity contribution in [2.75, 3.05) is 19.3 Å². The zero-order valence-corrected chi connectivity index (χ0v) is 14.5. The number of Topliss-reactive ketones (excluding diaryl/α,β-unsaturated/α-hetero) is 1. The number of nitrogens with one attached hydrogen (secondary N) is 2. The molecule has 0 amide bonds. The minimum absolute atomic E-state index is 0.0508. The van der Waals surface area contributed by atoms with E-state index in [0.717, 1.165) is 34.4 Å². The first-order valence-electron chi connectivity index (χ1n) is 8.30. The maximum atomic E-state index is 13.1. The van der Waals surface area contributed by atoms with Gasteiger partial charge in [-0.25, -0.2) is 4.98 Å². The molecule has 0 spiro atoms. The minimum atomic E-state index is -0.162. The Labute approximate surface area is 148 Å². The quantitative estimate of drug-likeness (QED) is 0.487. The molecule has 8 heteroatoms. The van der Waals surface area contributed by atoms with Crippen LogP contribution in [0, 0.1) is 0 Å². The van der Waals surface area contributed by atoms with Gasteiger partial charge in [0.1, 0.15) is 10.7 Å². The molecule has 4 heterocycles. The van der Waals surface area contributed by atoms with Crippen LogP contribution in [0.4, 0.5) is 5.69 Å². The summed E-state index contributed by atoms with van der Waals surface area (Å²) in [6.07, 6.45) is 2.77. The van der Waals surface area contributed by atoms with E-state index in [0.29, 0.717) is 17.4 Å². The smallest absolute Gasteiger partial charge is 0.202 e. The van der Waals surface area contributed by atoms with Crippen molar-refractivity contribution in [3.63, 3.8) is 0 Å². The molecule has 2 aliphatic rings. The van der Waals surface area contributed by atoms with Crippen LogP contribution in [0.5, 0.6) is 0 Å². The summed E-state index contributed by atoms with van der Waals surface area (Å²) in [6.45, 7) is 0.955. The number of likely N-dealkylation sites (tertiary alicyclic amines) is 1. The summed E-state index contributed by atoms with van der Waals surface area (Å²) in [6, 6.07) is 4.25. The summed E-state index contributed by atoms with van der Waals surface area (Å²) in [5, 5.41) is 14.3. The van der Waals surface area contributed by atoms with E-state index in [1.165, 1.54) is 11.3 Å². The summed E-state index contributed by atoms with van der Waals surface area (Å²) in [5.74, 6) is 0.0508. The standard InChI is InChI=1S/C17H18N6OS/c1-23-8-4-13(20-7-8)15(23)16(24)14-10-5-11(18)9(6-12(10)21-22-14)17-19-2-3-25-17/h2-3,5-6,8,13,15,20H,4,7,18H2,1H3,(H,21,22)/t8-,13+,15?/m0/s1. The van der Waals surface area contributed by atoms with Crippen molar-refractivity contribution in [1.29, 1.82) is 0 Å². The second kappa shape index (κ2) is 5.35. The number of H-pyrrole nitrogens is 1. The first-order chi connectivity index (χ1) is 12.1. The highest BCUT2D eigenvalue weighted by Crippen LogP contribution is 2.34. The molecular weight excluding hydrogens is 336 g/mol. The van der Waals surface area contributed by atoms with Crippen molar-refractivity contribution in [3.05, 3.63) is 29.4 Å². The number of ketones is 1. The molecule has 25 heavy (non-hydrogen) atoms. The molecular formula is C17H18N6OS. The van der Waals surface area contributed by atoms with E-state index in [2.05, 4.69) is 25.4 Å². The van der Waals surface area contributed by atoms with Crippen molar-refractivity contribution in [1.82, 2.24) is 25.4 Å². The monoisotopic (exact) mass is 354 g/mol. The van der Waals surface area contributed by atoms with Crippen molar-refractivity contribution < 1.29 is 4.79 Å². The first kappa shape index (κ1) is 15.0. The third-order valence-corrected chi connectivity index (χ3v) is 6.24. The minimum Gasteiger partial charge on any atom is -0.398 e. The number of fused-ring (bicyclic) bond motifs is 3. The molecule has 0 saturated carbocycles. The third kappa shape index (κ3) is 2.14.